The highest BCUT2D eigenvalue weighted by Crippen LogP contribution is 2.41. The topological polar surface area (TPSA) is 105 Å². The SMILES string of the molecule is COc1cc(C(=O)N2CCC(CCN3CCCN(c4nc5ccccc5n4CCOCC#N)CC3)(c3ccccc3)C2)cc(OC)c1OC.Cl. The first-order chi connectivity index (χ1) is 24.0. The third-order valence-corrected chi connectivity index (χ3v) is 9.98. The molecule has 2 saturated heterocycles. The van der Waals surface area contributed by atoms with Gasteiger partial charge in [-0.2, -0.15) is 5.26 Å². The molecule has 1 unspecified atom stereocenters. The lowest BCUT2D eigenvalue weighted by Gasteiger charge is -2.33. The molecule has 12 heteroatoms. The van der Waals surface area contributed by atoms with Gasteiger partial charge >= 0.3 is 0 Å². The summed E-state index contributed by atoms with van der Waals surface area (Å²) in [5.41, 5.74) is 3.69. The minimum Gasteiger partial charge on any atom is -0.493 e. The number of amides is 1. The zero-order chi connectivity index (χ0) is 34.2. The smallest absolute Gasteiger partial charge is 0.254 e. The Labute approximate surface area is 300 Å². The Kier molecular flexibility index (Phi) is 12.5. The van der Waals surface area contributed by atoms with E-state index in [0.717, 1.165) is 69.0 Å². The maximum atomic E-state index is 13.9. The number of fused-ring (bicyclic) bond motifs is 1. The predicted octanol–water partition coefficient (Wildman–Crippen LogP) is 5.41. The molecule has 0 bridgehead atoms. The largest absolute Gasteiger partial charge is 0.493 e. The molecule has 2 fully saturated rings. The Bertz CT molecular complexity index is 1750. The summed E-state index contributed by atoms with van der Waals surface area (Å²) in [5, 5.41) is 8.90. The van der Waals surface area contributed by atoms with Crippen LogP contribution < -0.4 is 19.1 Å². The lowest BCUT2D eigenvalue weighted by Crippen LogP contribution is -2.39. The number of aromatic nitrogens is 2. The minimum absolute atomic E-state index is 0. The van der Waals surface area contributed by atoms with Crippen molar-refractivity contribution >= 4 is 35.3 Å². The first-order valence-electron chi connectivity index (χ1n) is 17.0. The number of benzene rings is 3. The number of para-hydroxylation sites is 2. The molecule has 1 atom stereocenters. The van der Waals surface area contributed by atoms with Crippen LogP contribution >= 0.6 is 12.4 Å². The van der Waals surface area contributed by atoms with E-state index in [2.05, 4.69) is 62.9 Å². The molecule has 0 saturated carbocycles. The van der Waals surface area contributed by atoms with Crippen molar-refractivity contribution in [2.75, 3.05) is 85.3 Å². The monoisotopic (exact) mass is 702 g/mol. The number of imidazole rings is 1. The number of methoxy groups -OCH3 is 3. The first-order valence-corrected chi connectivity index (χ1v) is 17.0. The Morgan fingerprint density at radius 1 is 0.900 bits per heavy atom. The van der Waals surface area contributed by atoms with Gasteiger partial charge in [-0.3, -0.25) is 4.79 Å². The molecule has 2 aliphatic heterocycles. The fourth-order valence-corrected chi connectivity index (χ4v) is 7.37. The molecule has 2 aliphatic rings. The lowest BCUT2D eigenvalue weighted by molar-refractivity contribution is 0.0780. The van der Waals surface area contributed by atoms with Crippen LogP contribution in [0.3, 0.4) is 0 Å². The molecule has 50 heavy (non-hydrogen) atoms. The minimum atomic E-state index is -0.152. The van der Waals surface area contributed by atoms with E-state index >= 15 is 0 Å². The number of rotatable bonds is 13. The number of ether oxygens (including phenoxy) is 4. The zero-order valence-corrected chi connectivity index (χ0v) is 30.0. The molecule has 0 aliphatic carbocycles. The van der Waals surface area contributed by atoms with Gasteiger partial charge in [0, 0.05) is 50.2 Å². The van der Waals surface area contributed by atoms with Crippen LogP contribution in [0.1, 0.15) is 35.2 Å². The van der Waals surface area contributed by atoms with Crippen LogP contribution in [-0.2, 0) is 16.7 Å². The third-order valence-electron chi connectivity index (χ3n) is 9.98. The van der Waals surface area contributed by atoms with E-state index in [-0.39, 0.29) is 30.3 Å². The van der Waals surface area contributed by atoms with E-state index < -0.39 is 0 Å². The molecule has 11 nitrogen and oxygen atoms in total. The first kappa shape index (κ1) is 36.8. The fraction of sp³-hybridized carbons (Fsp3) is 0.447. The molecular weight excluding hydrogens is 656 g/mol. The van der Waals surface area contributed by atoms with Crippen molar-refractivity contribution in [1.29, 1.82) is 5.26 Å². The molecule has 0 spiro atoms. The van der Waals surface area contributed by atoms with Crippen molar-refractivity contribution in [3.63, 3.8) is 0 Å². The standard InChI is InChI=1S/C38H46N6O5.ClH/c1-46-33-26-29(27-34(47-2)35(33)48-3)36(45)43-20-15-38(28-43,30-10-5-4-6-11-30)14-19-41-17-9-18-42(22-21-41)37-40-31-12-7-8-13-32(31)44(37)23-25-49-24-16-39;/h4-8,10-13,26-27H,9,14-15,17-25,28H2,1-3H3;1H. The summed E-state index contributed by atoms with van der Waals surface area (Å²) in [7, 11) is 4.69. The second-order valence-corrected chi connectivity index (χ2v) is 12.7. The number of nitriles is 1. The molecule has 0 N–H and O–H groups in total. The second-order valence-electron chi connectivity index (χ2n) is 12.7. The molecule has 1 aromatic heterocycles. The summed E-state index contributed by atoms with van der Waals surface area (Å²) in [6, 6.07) is 24.4. The molecule has 266 valence electrons. The third kappa shape index (κ3) is 7.78. The Balaban J connectivity index is 0.00000486. The van der Waals surface area contributed by atoms with Gasteiger partial charge in [-0.15, -0.1) is 12.4 Å². The number of likely N-dealkylation sites (tertiary alicyclic amines) is 1. The molecular formula is C38H47ClN6O5. The lowest BCUT2D eigenvalue weighted by atomic mass is 9.76. The zero-order valence-electron chi connectivity index (χ0n) is 29.2. The summed E-state index contributed by atoms with van der Waals surface area (Å²) >= 11 is 0. The van der Waals surface area contributed by atoms with Crippen LogP contribution in [0, 0.1) is 11.3 Å². The van der Waals surface area contributed by atoms with E-state index in [1.165, 1.54) is 5.56 Å². The van der Waals surface area contributed by atoms with Crippen LogP contribution in [0.15, 0.2) is 66.7 Å². The van der Waals surface area contributed by atoms with Gasteiger partial charge in [-0.1, -0.05) is 42.5 Å². The van der Waals surface area contributed by atoms with Gasteiger partial charge in [-0.25, -0.2) is 4.98 Å². The predicted molar refractivity (Wildman–Crippen MR) is 196 cm³/mol. The van der Waals surface area contributed by atoms with Gasteiger partial charge < -0.3 is 38.2 Å². The number of hydrogen-bond acceptors (Lipinski definition) is 9. The maximum absolute atomic E-state index is 13.9. The Morgan fingerprint density at radius 3 is 2.36 bits per heavy atom. The van der Waals surface area contributed by atoms with E-state index in [0.29, 0.717) is 49.1 Å². The number of nitrogens with zero attached hydrogens (tertiary/aromatic N) is 6. The van der Waals surface area contributed by atoms with Crippen LogP contribution in [0.4, 0.5) is 5.95 Å². The van der Waals surface area contributed by atoms with Gasteiger partial charge in [0.15, 0.2) is 11.5 Å². The van der Waals surface area contributed by atoms with Crippen LogP contribution in [0.5, 0.6) is 17.2 Å². The molecule has 6 rings (SSSR count). The van der Waals surface area contributed by atoms with Crippen LogP contribution in [-0.4, -0.2) is 106 Å². The van der Waals surface area contributed by atoms with Gasteiger partial charge in [0.05, 0.1) is 45.0 Å². The quantitative estimate of drug-likeness (QED) is 0.169. The number of hydrogen-bond donors (Lipinski definition) is 0. The summed E-state index contributed by atoms with van der Waals surface area (Å²) < 4.78 is 24.3. The average Bonchev–Trinajstić information content (AvgIpc) is 3.67. The van der Waals surface area contributed by atoms with Gasteiger partial charge in [0.25, 0.3) is 5.91 Å². The highest BCUT2D eigenvalue weighted by Gasteiger charge is 2.42. The summed E-state index contributed by atoms with van der Waals surface area (Å²) in [4.78, 5) is 25.9. The summed E-state index contributed by atoms with van der Waals surface area (Å²) in [6.45, 7) is 7.15. The van der Waals surface area contributed by atoms with Gasteiger partial charge in [-0.05, 0) is 62.2 Å². The Hall–Kier alpha value is -4.50. The summed E-state index contributed by atoms with van der Waals surface area (Å²) in [6.07, 6.45) is 2.87. The normalized spacial score (nSPS) is 18.0. The van der Waals surface area contributed by atoms with E-state index in [9.17, 15) is 4.79 Å². The van der Waals surface area contributed by atoms with E-state index in [1.54, 1.807) is 33.5 Å². The molecule has 3 aromatic carbocycles. The highest BCUT2D eigenvalue weighted by atomic mass is 35.5. The van der Waals surface area contributed by atoms with Crippen LogP contribution in [0.2, 0.25) is 0 Å². The number of anilines is 1. The number of carbonyl (C=O) groups is 1. The average molecular weight is 703 g/mol. The highest BCUT2D eigenvalue weighted by molar-refractivity contribution is 5.96. The fourth-order valence-electron chi connectivity index (χ4n) is 7.37. The van der Waals surface area contributed by atoms with Crippen molar-refractivity contribution in [3.05, 3.63) is 77.9 Å². The molecule has 1 amide bonds. The van der Waals surface area contributed by atoms with Crippen LogP contribution in [0.25, 0.3) is 11.0 Å². The van der Waals surface area contributed by atoms with Crippen molar-refractivity contribution in [3.8, 4) is 23.3 Å². The van der Waals surface area contributed by atoms with E-state index in [4.69, 9.17) is 29.2 Å². The second kappa shape index (κ2) is 16.9. The number of carbonyl (C=O) groups excluding carboxylic acids is 1. The van der Waals surface area contributed by atoms with Crippen molar-refractivity contribution in [2.24, 2.45) is 0 Å². The van der Waals surface area contributed by atoms with E-state index in [1.807, 2.05) is 17.0 Å². The van der Waals surface area contributed by atoms with Gasteiger partial charge in [0.2, 0.25) is 11.7 Å². The van der Waals surface area contributed by atoms with Crippen molar-refractivity contribution in [2.45, 2.75) is 31.2 Å². The van der Waals surface area contributed by atoms with Gasteiger partial charge in [0.1, 0.15) is 6.61 Å². The maximum Gasteiger partial charge on any atom is 0.254 e. The number of halogens is 1. The Morgan fingerprint density at radius 2 is 1.64 bits per heavy atom. The summed E-state index contributed by atoms with van der Waals surface area (Å²) in [5.74, 6) is 2.33. The molecule has 0 radical (unpaired) electrons. The molecule has 4 aromatic rings. The molecule has 3 heterocycles. The van der Waals surface area contributed by atoms with Crippen molar-refractivity contribution < 1.29 is 23.7 Å². The van der Waals surface area contributed by atoms with Crippen molar-refractivity contribution in [1.82, 2.24) is 19.4 Å².